The van der Waals surface area contributed by atoms with Crippen molar-refractivity contribution in [3.8, 4) is 5.75 Å². The van der Waals surface area contributed by atoms with Crippen LogP contribution < -0.4 is 15.4 Å². The lowest BCUT2D eigenvalue weighted by Crippen LogP contribution is -2.37. The molecular formula is C19H28N4OS. The molecule has 1 aromatic carbocycles. The average molecular weight is 361 g/mol. The van der Waals surface area contributed by atoms with Crippen molar-refractivity contribution >= 4 is 17.3 Å². The number of nitrogens with zero attached hydrogens (tertiary/aromatic N) is 2. The fraction of sp³-hybridized carbons (Fsp3) is 0.421. The Labute approximate surface area is 154 Å². The summed E-state index contributed by atoms with van der Waals surface area (Å²) in [6.07, 6.45) is 1.01. The molecule has 0 aliphatic carbocycles. The summed E-state index contributed by atoms with van der Waals surface area (Å²) in [6.45, 7) is 3.18. The molecular weight excluding hydrogens is 332 g/mol. The van der Waals surface area contributed by atoms with E-state index in [1.165, 1.54) is 10.4 Å². The molecule has 0 fully saturated rings. The van der Waals surface area contributed by atoms with Crippen molar-refractivity contribution in [3.05, 3.63) is 52.2 Å². The molecule has 25 heavy (non-hydrogen) atoms. The second-order valence-electron chi connectivity index (χ2n) is 5.98. The number of likely N-dealkylation sites (N-methyl/N-ethyl adjacent to an activating group) is 1. The third-order valence-corrected chi connectivity index (χ3v) is 4.57. The summed E-state index contributed by atoms with van der Waals surface area (Å²) < 4.78 is 5.78. The van der Waals surface area contributed by atoms with Crippen LogP contribution in [0.2, 0.25) is 0 Å². The Morgan fingerprint density at radius 2 is 2.08 bits per heavy atom. The van der Waals surface area contributed by atoms with E-state index in [4.69, 9.17) is 4.74 Å². The molecule has 1 aromatic heterocycles. The van der Waals surface area contributed by atoms with Crippen molar-refractivity contribution in [2.45, 2.75) is 13.0 Å². The van der Waals surface area contributed by atoms with Crippen LogP contribution in [0.5, 0.6) is 5.75 Å². The van der Waals surface area contributed by atoms with Crippen molar-refractivity contribution < 1.29 is 4.74 Å². The van der Waals surface area contributed by atoms with Crippen molar-refractivity contribution in [1.29, 1.82) is 0 Å². The van der Waals surface area contributed by atoms with Gasteiger partial charge in [0.2, 0.25) is 0 Å². The van der Waals surface area contributed by atoms with E-state index in [0.29, 0.717) is 13.2 Å². The number of guanidine groups is 1. The first-order valence-electron chi connectivity index (χ1n) is 8.51. The number of rotatable bonds is 9. The standard InChI is InChI=1S/C19H28N4OS/c1-20-19(21-10-9-18-8-5-13-25-18)22-15-16-6-4-7-17(14-16)24-12-11-23(2)3/h4-8,13-14H,9-12,15H2,1-3H3,(H2,20,21,22). The van der Waals surface area contributed by atoms with Crippen LogP contribution in [0.4, 0.5) is 0 Å². The summed E-state index contributed by atoms with van der Waals surface area (Å²) in [5.74, 6) is 1.72. The van der Waals surface area contributed by atoms with Crippen molar-refractivity contribution in [2.24, 2.45) is 4.99 Å². The van der Waals surface area contributed by atoms with Crippen molar-refractivity contribution in [1.82, 2.24) is 15.5 Å². The van der Waals surface area contributed by atoms with Gasteiger partial charge in [0, 0.05) is 31.6 Å². The lowest BCUT2D eigenvalue weighted by atomic mass is 10.2. The van der Waals surface area contributed by atoms with E-state index in [9.17, 15) is 0 Å². The van der Waals surface area contributed by atoms with Crippen molar-refractivity contribution in [2.75, 3.05) is 40.8 Å². The maximum Gasteiger partial charge on any atom is 0.191 e. The number of benzene rings is 1. The lowest BCUT2D eigenvalue weighted by molar-refractivity contribution is 0.261. The molecule has 0 spiro atoms. The Morgan fingerprint density at radius 1 is 1.20 bits per heavy atom. The summed E-state index contributed by atoms with van der Waals surface area (Å²) in [7, 11) is 5.88. The predicted octanol–water partition coefficient (Wildman–Crippen LogP) is 2.60. The maximum atomic E-state index is 5.78. The highest BCUT2D eigenvalue weighted by molar-refractivity contribution is 7.09. The molecule has 2 aromatic rings. The van der Waals surface area contributed by atoms with Crippen LogP contribution >= 0.6 is 11.3 Å². The summed E-state index contributed by atoms with van der Waals surface area (Å²) in [6, 6.07) is 12.4. The molecule has 2 rings (SSSR count). The summed E-state index contributed by atoms with van der Waals surface area (Å²) in [4.78, 5) is 7.76. The molecule has 136 valence electrons. The van der Waals surface area contributed by atoms with Gasteiger partial charge in [-0.25, -0.2) is 0 Å². The number of hydrogen-bond acceptors (Lipinski definition) is 4. The third-order valence-electron chi connectivity index (χ3n) is 3.63. The molecule has 0 atom stereocenters. The number of thiophene rings is 1. The minimum Gasteiger partial charge on any atom is -0.492 e. The molecule has 5 nitrogen and oxygen atoms in total. The Kier molecular flexibility index (Phi) is 8.28. The van der Waals surface area contributed by atoms with Crippen LogP contribution in [0.3, 0.4) is 0 Å². The monoisotopic (exact) mass is 360 g/mol. The van der Waals surface area contributed by atoms with Gasteiger partial charge in [-0.05, 0) is 49.7 Å². The van der Waals surface area contributed by atoms with E-state index in [0.717, 1.165) is 31.2 Å². The normalized spacial score (nSPS) is 11.6. The largest absolute Gasteiger partial charge is 0.492 e. The summed E-state index contributed by atoms with van der Waals surface area (Å²) in [5, 5.41) is 8.80. The van der Waals surface area contributed by atoms with Gasteiger partial charge >= 0.3 is 0 Å². The average Bonchev–Trinajstić information content (AvgIpc) is 3.11. The second kappa shape index (κ2) is 10.7. The minimum atomic E-state index is 0.690. The first-order valence-corrected chi connectivity index (χ1v) is 9.38. The van der Waals surface area contributed by atoms with Crippen LogP contribution in [-0.4, -0.2) is 51.7 Å². The fourth-order valence-corrected chi connectivity index (χ4v) is 2.97. The van der Waals surface area contributed by atoms with Gasteiger partial charge in [-0.1, -0.05) is 18.2 Å². The number of aliphatic imine (C=N–C) groups is 1. The van der Waals surface area contributed by atoms with E-state index in [-0.39, 0.29) is 0 Å². The molecule has 0 bridgehead atoms. The zero-order valence-corrected chi connectivity index (χ0v) is 16.1. The van der Waals surface area contributed by atoms with E-state index in [1.807, 2.05) is 26.2 Å². The highest BCUT2D eigenvalue weighted by Crippen LogP contribution is 2.13. The summed E-state index contributed by atoms with van der Waals surface area (Å²) in [5.41, 5.74) is 1.17. The fourth-order valence-electron chi connectivity index (χ4n) is 2.26. The first-order chi connectivity index (χ1) is 12.2. The first kappa shape index (κ1) is 19.3. The zero-order chi connectivity index (χ0) is 17.9. The highest BCUT2D eigenvalue weighted by Gasteiger charge is 2.01. The maximum absolute atomic E-state index is 5.78. The third kappa shape index (κ3) is 7.58. The van der Waals surface area contributed by atoms with Gasteiger partial charge in [0.25, 0.3) is 0 Å². The van der Waals surface area contributed by atoms with Gasteiger partial charge in [-0.3, -0.25) is 4.99 Å². The molecule has 0 saturated carbocycles. The SMILES string of the molecule is CN=C(NCCc1cccs1)NCc1cccc(OCCN(C)C)c1. The summed E-state index contributed by atoms with van der Waals surface area (Å²) >= 11 is 1.78. The number of hydrogen-bond donors (Lipinski definition) is 2. The molecule has 2 N–H and O–H groups in total. The minimum absolute atomic E-state index is 0.690. The topological polar surface area (TPSA) is 48.9 Å². The quantitative estimate of drug-likeness (QED) is 0.533. The van der Waals surface area contributed by atoms with Gasteiger partial charge in [0.1, 0.15) is 12.4 Å². The van der Waals surface area contributed by atoms with Crippen LogP contribution in [0, 0.1) is 0 Å². The van der Waals surface area contributed by atoms with E-state index < -0.39 is 0 Å². The molecule has 0 radical (unpaired) electrons. The predicted molar refractivity (Wildman–Crippen MR) is 107 cm³/mol. The van der Waals surface area contributed by atoms with Gasteiger partial charge in [0.15, 0.2) is 5.96 Å². The molecule has 6 heteroatoms. The van der Waals surface area contributed by atoms with E-state index in [1.54, 1.807) is 18.4 Å². The molecule has 0 aliphatic rings. The smallest absolute Gasteiger partial charge is 0.191 e. The van der Waals surface area contributed by atoms with Crippen molar-refractivity contribution in [3.63, 3.8) is 0 Å². The molecule has 0 amide bonds. The van der Waals surface area contributed by atoms with Gasteiger partial charge in [-0.15, -0.1) is 11.3 Å². The Hall–Kier alpha value is -2.05. The lowest BCUT2D eigenvalue weighted by Gasteiger charge is -2.13. The number of nitrogens with one attached hydrogen (secondary N) is 2. The van der Waals surface area contributed by atoms with Crippen LogP contribution in [0.25, 0.3) is 0 Å². The molecule has 0 aliphatic heterocycles. The van der Waals surface area contributed by atoms with Gasteiger partial charge in [0.05, 0.1) is 0 Å². The molecule has 1 heterocycles. The second-order valence-corrected chi connectivity index (χ2v) is 7.01. The highest BCUT2D eigenvalue weighted by atomic mass is 32.1. The Balaban J connectivity index is 1.74. The zero-order valence-electron chi connectivity index (χ0n) is 15.3. The van der Waals surface area contributed by atoms with E-state index in [2.05, 4.69) is 50.2 Å². The van der Waals surface area contributed by atoms with Gasteiger partial charge < -0.3 is 20.3 Å². The van der Waals surface area contributed by atoms with Crippen LogP contribution in [0.1, 0.15) is 10.4 Å². The van der Waals surface area contributed by atoms with Crippen LogP contribution in [-0.2, 0) is 13.0 Å². The Morgan fingerprint density at radius 3 is 2.80 bits per heavy atom. The van der Waals surface area contributed by atoms with Crippen LogP contribution in [0.15, 0.2) is 46.8 Å². The van der Waals surface area contributed by atoms with E-state index >= 15 is 0 Å². The van der Waals surface area contributed by atoms with Gasteiger partial charge in [-0.2, -0.15) is 0 Å². The number of ether oxygens (including phenoxy) is 1. The molecule has 0 unspecified atom stereocenters. The molecule has 0 saturated heterocycles. The Bertz CT molecular complexity index is 641.